The fraction of sp³-hybridized carbons (Fsp3) is 0.195. The predicted octanol–water partition coefficient (Wildman–Crippen LogP) is 6.45. The van der Waals surface area contributed by atoms with Crippen LogP contribution in [0.3, 0.4) is 0 Å². The number of urea groups is 1. The van der Waals surface area contributed by atoms with Gasteiger partial charge in [0.1, 0.15) is 5.57 Å². The van der Waals surface area contributed by atoms with E-state index in [1.807, 2.05) is 0 Å². The number of hydrogen-bond donors (Lipinski definition) is 0. The Balaban J connectivity index is 1.37. The van der Waals surface area contributed by atoms with Gasteiger partial charge in [-0.05, 0) is 78.5 Å². The van der Waals surface area contributed by atoms with Gasteiger partial charge in [0.2, 0.25) is 0 Å². The highest BCUT2D eigenvalue weighted by atomic mass is 16.2. The predicted molar refractivity (Wildman–Crippen MR) is 193 cm³/mol. The summed E-state index contributed by atoms with van der Waals surface area (Å²) in [5.74, 6) is -1.06. The smallest absolute Gasteiger partial charge is 0.333 e. The van der Waals surface area contributed by atoms with Crippen molar-refractivity contribution in [3.63, 3.8) is 0 Å². The molecule has 2 aliphatic rings. The first-order chi connectivity index (χ1) is 23.3. The number of allylic oxidation sites excluding steroid dienone is 5. The van der Waals surface area contributed by atoms with E-state index in [-0.39, 0.29) is 18.7 Å². The summed E-state index contributed by atoms with van der Waals surface area (Å²) in [6.45, 7) is 3.90. The Labute approximate surface area is 278 Å². The number of aryl methyl sites for hydroxylation is 2. The van der Waals surface area contributed by atoms with Crippen LogP contribution in [-0.2, 0) is 23.7 Å². The molecule has 0 N–H and O–H groups in total. The molecule has 0 atom stereocenters. The molecule has 0 radical (unpaired) electrons. The zero-order valence-corrected chi connectivity index (χ0v) is 27.6. The SMILES string of the molecule is CCN1C(=O)C(=C2/C(=C\C=c3\c4cccc5cccc(c54)n3C)CC/C2=C\C=c2c3cccc4cccc(c43)n2C)C(=O)N(CC)C1=O. The molecule has 2 aromatic heterocycles. The van der Waals surface area contributed by atoms with Crippen molar-refractivity contribution in [2.24, 2.45) is 14.1 Å². The van der Waals surface area contributed by atoms with Crippen LogP contribution in [0.1, 0.15) is 26.7 Å². The summed E-state index contributed by atoms with van der Waals surface area (Å²) in [5, 5.41) is 9.22. The van der Waals surface area contributed by atoms with Crippen LogP contribution >= 0.6 is 0 Å². The van der Waals surface area contributed by atoms with Crippen LogP contribution in [-0.4, -0.2) is 49.9 Å². The van der Waals surface area contributed by atoms with E-state index in [4.69, 9.17) is 0 Å². The molecule has 1 saturated carbocycles. The summed E-state index contributed by atoms with van der Waals surface area (Å²) in [7, 11) is 4.14. The van der Waals surface area contributed by atoms with E-state index in [2.05, 4.69) is 120 Å². The van der Waals surface area contributed by atoms with Crippen molar-refractivity contribution >= 4 is 73.3 Å². The number of imide groups is 2. The van der Waals surface area contributed by atoms with Crippen LogP contribution in [0.4, 0.5) is 4.79 Å². The van der Waals surface area contributed by atoms with E-state index in [1.165, 1.54) is 31.3 Å². The molecule has 2 fully saturated rings. The first-order valence-corrected chi connectivity index (χ1v) is 16.6. The van der Waals surface area contributed by atoms with Gasteiger partial charge < -0.3 is 9.13 Å². The first-order valence-electron chi connectivity index (χ1n) is 16.6. The Morgan fingerprint density at radius 3 is 1.40 bits per heavy atom. The summed E-state index contributed by atoms with van der Waals surface area (Å²) >= 11 is 0. The Morgan fingerprint density at radius 1 is 0.562 bits per heavy atom. The van der Waals surface area contributed by atoms with Gasteiger partial charge in [-0.3, -0.25) is 19.4 Å². The summed E-state index contributed by atoms with van der Waals surface area (Å²) < 4.78 is 4.39. The number of rotatable bonds is 4. The standard InChI is InChI=1S/C41H36N4O3/c1-5-44-39(46)38(40(47)45(6-2)41(44)48)35-27(21-23-31-29-15-7-11-25-13-9-17-33(36(25)29)42(31)3)19-20-28(35)22-24-32-30-16-8-12-26-14-10-18-34(37(26)30)43(32)4/h7-18,21-24H,5-6,19-20H2,1-4H3/b27-21-,28-22+,31-23-,32-24?. The molecule has 238 valence electrons. The van der Waals surface area contributed by atoms with Crippen molar-refractivity contribution in [2.75, 3.05) is 13.1 Å². The Kier molecular flexibility index (Phi) is 6.95. The lowest BCUT2D eigenvalue weighted by molar-refractivity contribution is -0.135. The molecule has 6 aromatic rings. The highest BCUT2D eigenvalue weighted by Gasteiger charge is 2.43. The van der Waals surface area contributed by atoms with Crippen LogP contribution in [0.15, 0.2) is 107 Å². The third kappa shape index (κ3) is 4.23. The summed E-state index contributed by atoms with van der Waals surface area (Å²) in [4.78, 5) is 43.5. The van der Waals surface area contributed by atoms with Crippen LogP contribution in [0.25, 0.3) is 55.5 Å². The van der Waals surface area contributed by atoms with Gasteiger partial charge >= 0.3 is 6.03 Å². The maximum atomic E-state index is 14.0. The van der Waals surface area contributed by atoms with Gasteiger partial charge in [0, 0.05) is 70.5 Å². The van der Waals surface area contributed by atoms with Crippen molar-refractivity contribution in [3.05, 3.63) is 118 Å². The number of barbiturate groups is 1. The number of hydrogen-bond acceptors (Lipinski definition) is 3. The van der Waals surface area contributed by atoms with E-state index < -0.39 is 17.8 Å². The number of benzene rings is 4. The van der Waals surface area contributed by atoms with Crippen molar-refractivity contribution in [2.45, 2.75) is 26.7 Å². The average molecular weight is 633 g/mol. The van der Waals surface area contributed by atoms with E-state index in [0.29, 0.717) is 18.4 Å². The van der Waals surface area contributed by atoms with Gasteiger partial charge in [-0.15, -0.1) is 0 Å². The van der Waals surface area contributed by atoms with Crippen LogP contribution in [0, 0.1) is 0 Å². The number of aromatic nitrogens is 2. The number of carbonyl (C=O) groups is 3. The largest absolute Gasteiger partial charge is 0.344 e. The summed E-state index contributed by atoms with van der Waals surface area (Å²) in [6, 6.07) is 24.8. The van der Waals surface area contributed by atoms with Gasteiger partial charge in [0.25, 0.3) is 11.8 Å². The van der Waals surface area contributed by atoms with Gasteiger partial charge in [-0.1, -0.05) is 72.8 Å². The minimum absolute atomic E-state index is 0.0698. The molecule has 48 heavy (non-hydrogen) atoms. The Morgan fingerprint density at radius 2 is 0.979 bits per heavy atom. The fourth-order valence-electron chi connectivity index (χ4n) is 7.84. The second-order valence-electron chi connectivity index (χ2n) is 12.6. The maximum Gasteiger partial charge on any atom is 0.333 e. The second-order valence-corrected chi connectivity index (χ2v) is 12.6. The molecular formula is C41H36N4O3. The number of nitrogens with zero attached hydrogens (tertiary/aromatic N) is 4. The molecule has 0 bridgehead atoms. The molecule has 1 aliphatic carbocycles. The molecule has 4 aromatic carbocycles. The van der Waals surface area contributed by atoms with Crippen molar-refractivity contribution in [3.8, 4) is 0 Å². The Bertz CT molecular complexity index is 2390. The van der Waals surface area contributed by atoms with E-state index in [1.54, 1.807) is 13.8 Å². The number of carbonyl (C=O) groups excluding carboxylic acids is 3. The number of amides is 4. The van der Waals surface area contributed by atoms with Crippen molar-refractivity contribution in [1.82, 2.24) is 18.9 Å². The normalized spacial score (nSPS) is 18.7. The molecular weight excluding hydrogens is 596 g/mol. The molecule has 0 unspecified atom stereocenters. The van der Waals surface area contributed by atoms with Crippen LogP contribution in [0.5, 0.6) is 0 Å². The van der Waals surface area contributed by atoms with E-state index in [9.17, 15) is 14.4 Å². The van der Waals surface area contributed by atoms with Crippen LogP contribution < -0.4 is 10.7 Å². The second kappa shape index (κ2) is 11.2. The van der Waals surface area contributed by atoms with Gasteiger partial charge in [-0.25, -0.2) is 4.79 Å². The average Bonchev–Trinajstić information content (AvgIpc) is 3.71. The molecule has 7 nitrogen and oxygen atoms in total. The highest BCUT2D eigenvalue weighted by Crippen LogP contribution is 2.40. The topological polar surface area (TPSA) is 67.6 Å². The maximum absolute atomic E-state index is 14.0. The third-order valence-electron chi connectivity index (χ3n) is 10.2. The van der Waals surface area contributed by atoms with Gasteiger partial charge in [0.15, 0.2) is 0 Å². The molecule has 7 heteroatoms. The summed E-state index contributed by atoms with van der Waals surface area (Å²) in [6.07, 6.45) is 9.66. The molecule has 4 amide bonds. The zero-order chi connectivity index (χ0) is 33.3. The minimum Gasteiger partial charge on any atom is -0.344 e. The number of likely N-dealkylation sites (N-methyl/N-ethyl adjacent to an activating group) is 2. The zero-order valence-electron chi connectivity index (χ0n) is 27.6. The summed E-state index contributed by atoms with van der Waals surface area (Å²) in [5.41, 5.74) is 4.82. The van der Waals surface area contributed by atoms with Gasteiger partial charge in [-0.2, -0.15) is 0 Å². The lowest BCUT2D eigenvalue weighted by atomic mass is 9.95. The monoisotopic (exact) mass is 632 g/mol. The third-order valence-corrected chi connectivity index (χ3v) is 10.2. The lowest BCUT2D eigenvalue weighted by Crippen LogP contribution is -2.56. The molecule has 1 saturated heterocycles. The molecule has 0 spiro atoms. The lowest BCUT2D eigenvalue weighted by Gasteiger charge is -2.33. The van der Waals surface area contributed by atoms with Crippen LogP contribution in [0.2, 0.25) is 0 Å². The first kappa shape index (κ1) is 29.7. The van der Waals surface area contributed by atoms with Crippen molar-refractivity contribution < 1.29 is 14.4 Å². The van der Waals surface area contributed by atoms with Gasteiger partial charge in [0.05, 0.1) is 0 Å². The quantitative estimate of drug-likeness (QED) is 0.166. The molecule has 1 aliphatic heterocycles. The molecule has 3 heterocycles. The minimum atomic E-state index is -0.561. The highest BCUT2D eigenvalue weighted by molar-refractivity contribution is 6.30. The molecule has 8 rings (SSSR count). The Hall–Kier alpha value is -5.69. The fourth-order valence-corrected chi connectivity index (χ4v) is 7.84. The van der Waals surface area contributed by atoms with E-state index >= 15 is 0 Å². The van der Waals surface area contributed by atoms with Crippen molar-refractivity contribution in [1.29, 1.82) is 0 Å². The van der Waals surface area contributed by atoms with E-state index in [0.717, 1.165) is 43.7 Å².